The number of halogens is 2. The molecule has 0 bridgehead atoms. The van der Waals surface area contributed by atoms with E-state index >= 15 is 4.39 Å². The first kappa shape index (κ1) is 29.8. The second-order valence-corrected chi connectivity index (χ2v) is 13.5. The molecule has 0 radical (unpaired) electrons. The van der Waals surface area contributed by atoms with Crippen LogP contribution in [0.25, 0.3) is 10.2 Å². The van der Waals surface area contributed by atoms with Gasteiger partial charge >= 0.3 is 0 Å². The lowest BCUT2D eigenvalue weighted by Crippen LogP contribution is -2.45. The first-order valence-corrected chi connectivity index (χ1v) is 15.9. The fourth-order valence-corrected chi connectivity index (χ4v) is 7.30. The fourth-order valence-electron chi connectivity index (χ4n) is 4.80. The van der Waals surface area contributed by atoms with Crippen LogP contribution in [-0.2, 0) is 10.0 Å². The molecule has 1 heterocycles. The molecule has 0 saturated heterocycles. The van der Waals surface area contributed by atoms with Crippen molar-refractivity contribution in [1.29, 1.82) is 0 Å². The Hall–Kier alpha value is -2.18. The number of nitrogens with zero attached hydrogens (tertiary/aromatic N) is 2. The average Bonchev–Trinajstić information content (AvgIpc) is 3.26. The van der Waals surface area contributed by atoms with E-state index in [0.717, 1.165) is 66.8 Å². The Bertz CT molecular complexity index is 1380. The van der Waals surface area contributed by atoms with E-state index < -0.39 is 20.7 Å². The van der Waals surface area contributed by atoms with Gasteiger partial charge in [0, 0.05) is 18.1 Å². The van der Waals surface area contributed by atoms with Crippen molar-refractivity contribution in [1.82, 2.24) is 15.2 Å². The molecule has 0 aliphatic heterocycles. The zero-order valence-electron chi connectivity index (χ0n) is 22.8. The predicted molar refractivity (Wildman–Crippen MR) is 158 cm³/mol. The van der Waals surface area contributed by atoms with Crippen LogP contribution in [0.1, 0.15) is 46.0 Å². The highest BCUT2D eigenvalue weighted by Gasteiger charge is 2.28. The number of likely N-dealkylation sites (N-methyl/N-ethyl adjacent to an activating group) is 1. The normalized spacial score (nSPS) is 18.2. The van der Waals surface area contributed by atoms with Crippen LogP contribution in [0, 0.1) is 5.82 Å². The minimum atomic E-state index is -4.26. The predicted octanol–water partition coefficient (Wildman–Crippen LogP) is 5.94. The standard InChI is InChI=1S/C27H37ClFN5O3S2/c1-17(2)30-12-7-13-37-18-10-11-22-25(14-18)38-27(32-22)33-39(35,36)26-15-19(28)23(16-20(26)29)31-21-8-5-6-9-24(21)34(3)4/h10-11,14-17,21,24,30-31H,5-9,12-13H2,1-4H3,(H,32,33)/t21-,24-/m0/s1. The highest BCUT2D eigenvalue weighted by molar-refractivity contribution is 7.93. The van der Waals surface area contributed by atoms with Crippen LogP contribution in [0.2, 0.25) is 5.02 Å². The number of thiazole rings is 1. The number of rotatable bonds is 12. The molecule has 12 heteroatoms. The summed E-state index contributed by atoms with van der Waals surface area (Å²) in [6, 6.07) is 8.53. The second-order valence-electron chi connectivity index (χ2n) is 10.4. The third-order valence-corrected chi connectivity index (χ3v) is 9.50. The van der Waals surface area contributed by atoms with Gasteiger partial charge in [-0.3, -0.25) is 4.72 Å². The maximum absolute atomic E-state index is 15.1. The Morgan fingerprint density at radius 2 is 1.97 bits per heavy atom. The van der Waals surface area contributed by atoms with Gasteiger partial charge in [0.25, 0.3) is 10.0 Å². The molecule has 2 aromatic carbocycles. The van der Waals surface area contributed by atoms with Gasteiger partial charge < -0.3 is 20.3 Å². The van der Waals surface area contributed by atoms with Crippen molar-refractivity contribution in [3.8, 4) is 5.75 Å². The van der Waals surface area contributed by atoms with Crippen LogP contribution in [0.3, 0.4) is 0 Å². The summed E-state index contributed by atoms with van der Waals surface area (Å²) in [7, 11) is -0.213. The molecule has 1 saturated carbocycles. The first-order valence-electron chi connectivity index (χ1n) is 13.2. The number of ether oxygens (including phenoxy) is 1. The van der Waals surface area contributed by atoms with Gasteiger partial charge in [0.1, 0.15) is 16.5 Å². The van der Waals surface area contributed by atoms with E-state index in [1.807, 2.05) is 20.2 Å². The molecule has 1 aliphatic carbocycles. The van der Waals surface area contributed by atoms with Crippen molar-refractivity contribution < 1.29 is 17.5 Å². The van der Waals surface area contributed by atoms with Crippen LogP contribution in [0.4, 0.5) is 15.2 Å². The van der Waals surface area contributed by atoms with Gasteiger partial charge in [0.2, 0.25) is 0 Å². The number of benzene rings is 2. The number of nitrogens with one attached hydrogen (secondary N) is 3. The maximum atomic E-state index is 15.1. The fraction of sp³-hybridized carbons (Fsp3) is 0.519. The summed E-state index contributed by atoms with van der Waals surface area (Å²) in [4.78, 5) is 5.99. The molecule has 0 amide bonds. The lowest BCUT2D eigenvalue weighted by atomic mass is 9.89. The van der Waals surface area contributed by atoms with E-state index in [1.165, 1.54) is 0 Å². The van der Waals surface area contributed by atoms with Crippen LogP contribution in [-0.4, -0.2) is 63.7 Å². The molecule has 3 N–H and O–H groups in total. The third kappa shape index (κ3) is 7.73. The highest BCUT2D eigenvalue weighted by atomic mass is 35.5. The molecule has 214 valence electrons. The molecule has 0 unspecified atom stereocenters. The Balaban J connectivity index is 1.45. The van der Waals surface area contributed by atoms with Gasteiger partial charge in [0.15, 0.2) is 5.13 Å². The Morgan fingerprint density at radius 3 is 2.72 bits per heavy atom. The second kappa shape index (κ2) is 13.0. The van der Waals surface area contributed by atoms with E-state index in [2.05, 4.69) is 39.1 Å². The van der Waals surface area contributed by atoms with E-state index in [0.29, 0.717) is 29.6 Å². The minimum absolute atomic E-state index is 0.0968. The molecule has 0 spiro atoms. The molecule has 2 atom stereocenters. The number of hydrogen-bond acceptors (Lipinski definition) is 8. The Morgan fingerprint density at radius 1 is 1.21 bits per heavy atom. The van der Waals surface area contributed by atoms with Gasteiger partial charge in [-0.2, -0.15) is 0 Å². The van der Waals surface area contributed by atoms with Gasteiger partial charge in [-0.25, -0.2) is 17.8 Å². The molecular formula is C27H37ClFN5O3S2. The molecule has 39 heavy (non-hydrogen) atoms. The van der Waals surface area contributed by atoms with Crippen molar-refractivity contribution in [2.75, 3.05) is 37.3 Å². The Kier molecular flexibility index (Phi) is 9.92. The number of fused-ring (bicyclic) bond motifs is 1. The number of sulfonamides is 1. The Labute approximate surface area is 239 Å². The van der Waals surface area contributed by atoms with E-state index in [-0.39, 0.29) is 22.2 Å². The van der Waals surface area contributed by atoms with E-state index in [9.17, 15) is 8.42 Å². The molecule has 1 aromatic heterocycles. The van der Waals surface area contributed by atoms with Crippen LogP contribution < -0.4 is 20.1 Å². The van der Waals surface area contributed by atoms with E-state index in [4.69, 9.17) is 16.3 Å². The molecule has 3 aromatic rings. The summed E-state index contributed by atoms with van der Waals surface area (Å²) in [6.45, 7) is 5.61. The summed E-state index contributed by atoms with van der Waals surface area (Å²) in [5.74, 6) is -0.198. The first-order chi connectivity index (χ1) is 18.5. The third-order valence-electron chi connectivity index (χ3n) is 6.77. The van der Waals surface area contributed by atoms with Crippen molar-refractivity contribution in [2.24, 2.45) is 0 Å². The molecule has 8 nitrogen and oxygen atoms in total. The van der Waals surface area contributed by atoms with Crippen molar-refractivity contribution >= 4 is 54.0 Å². The summed E-state index contributed by atoms with van der Waals surface area (Å²) in [5, 5.41) is 6.97. The zero-order valence-corrected chi connectivity index (χ0v) is 25.1. The van der Waals surface area contributed by atoms with Crippen molar-refractivity contribution in [3.05, 3.63) is 41.2 Å². The van der Waals surface area contributed by atoms with Gasteiger partial charge in [-0.1, -0.05) is 49.6 Å². The summed E-state index contributed by atoms with van der Waals surface area (Å²) in [5.41, 5.74) is 1.01. The SMILES string of the molecule is CC(C)NCCCOc1ccc2nc(NS(=O)(=O)c3cc(Cl)c(N[C@H]4CCCC[C@@H]4N(C)C)cc3F)sc2c1. The van der Waals surface area contributed by atoms with Crippen LogP contribution >= 0.6 is 22.9 Å². The van der Waals surface area contributed by atoms with Crippen molar-refractivity contribution in [3.63, 3.8) is 0 Å². The van der Waals surface area contributed by atoms with Gasteiger partial charge in [-0.15, -0.1) is 0 Å². The zero-order chi connectivity index (χ0) is 28.2. The largest absolute Gasteiger partial charge is 0.493 e. The summed E-state index contributed by atoms with van der Waals surface area (Å²) < 4.78 is 50.4. The highest BCUT2D eigenvalue weighted by Crippen LogP contribution is 2.34. The maximum Gasteiger partial charge on any atom is 0.266 e. The van der Waals surface area contributed by atoms with Crippen molar-refractivity contribution in [2.45, 2.75) is 69.0 Å². The quantitative estimate of drug-likeness (QED) is 0.222. The minimum Gasteiger partial charge on any atom is -0.493 e. The molecule has 1 fully saturated rings. The lowest BCUT2D eigenvalue weighted by Gasteiger charge is -2.37. The molecule has 1 aliphatic rings. The van der Waals surface area contributed by atoms with Gasteiger partial charge in [0.05, 0.1) is 27.5 Å². The number of anilines is 2. The topological polar surface area (TPSA) is 95.6 Å². The molecule has 4 rings (SSSR count). The molecular weight excluding hydrogens is 561 g/mol. The summed E-state index contributed by atoms with van der Waals surface area (Å²) in [6.07, 6.45) is 5.05. The lowest BCUT2D eigenvalue weighted by molar-refractivity contribution is 0.211. The smallest absolute Gasteiger partial charge is 0.266 e. The van der Waals surface area contributed by atoms with Crippen LogP contribution in [0.15, 0.2) is 35.2 Å². The van der Waals surface area contributed by atoms with Gasteiger partial charge in [-0.05, 0) is 70.2 Å². The number of aromatic nitrogens is 1. The number of hydrogen-bond donors (Lipinski definition) is 3. The monoisotopic (exact) mass is 597 g/mol. The average molecular weight is 598 g/mol. The van der Waals surface area contributed by atoms with E-state index in [1.54, 1.807) is 12.1 Å². The van der Waals surface area contributed by atoms with Crippen LogP contribution in [0.5, 0.6) is 5.75 Å². The summed E-state index contributed by atoms with van der Waals surface area (Å²) >= 11 is 7.60.